The first-order valence-corrected chi connectivity index (χ1v) is 9.44. The predicted octanol–water partition coefficient (Wildman–Crippen LogP) is 4.79. The Kier molecular flexibility index (Phi) is 7.81. The average molecular weight is 339 g/mol. The molecular weight excluding hydrogens is 316 g/mol. The average Bonchev–Trinajstić information content (AvgIpc) is 2.48. The summed E-state index contributed by atoms with van der Waals surface area (Å²) < 4.78 is 0. The van der Waals surface area contributed by atoms with E-state index in [-0.39, 0.29) is 5.91 Å². The second kappa shape index (κ2) is 9.90. The highest BCUT2D eigenvalue weighted by atomic mass is 35.5. The van der Waals surface area contributed by atoms with Crippen molar-refractivity contribution in [2.45, 2.75) is 50.7 Å². The van der Waals surface area contributed by atoms with E-state index in [1.807, 2.05) is 24.3 Å². The lowest BCUT2D eigenvalue weighted by molar-refractivity contribution is -0.118. The molecule has 1 saturated carbocycles. The second-order valence-electron chi connectivity index (χ2n) is 5.60. The summed E-state index contributed by atoms with van der Waals surface area (Å²) in [5.74, 6) is 1.22. The van der Waals surface area contributed by atoms with Crippen LogP contribution in [0.3, 0.4) is 0 Å². The first kappa shape index (κ1) is 17.4. The van der Waals surface area contributed by atoms with Crippen LogP contribution in [0.4, 0.5) is 0 Å². The summed E-state index contributed by atoms with van der Waals surface area (Å²) in [5, 5.41) is 5.05. The Labute approximate surface area is 141 Å². The minimum atomic E-state index is -0.0199. The number of nitrogens with one attached hydrogen (secondary N) is 1. The molecule has 0 aromatic heterocycles. The monoisotopic (exact) mass is 338 g/mol. The molecule has 1 fully saturated rings. The summed E-state index contributed by atoms with van der Waals surface area (Å²) >= 11 is 7.44. The quantitative estimate of drug-likeness (QED) is 0.784. The molecule has 22 heavy (non-hydrogen) atoms. The van der Waals surface area contributed by atoms with Gasteiger partial charge in [-0.2, -0.15) is 5.10 Å². The minimum absolute atomic E-state index is 0.0199. The lowest BCUT2D eigenvalue weighted by Gasteiger charge is -2.10. The van der Waals surface area contributed by atoms with Crippen LogP contribution in [0, 0.1) is 0 Å². The number of hydrazone groups is 1. The van der Waals surface area contributed by atoms with Crippen molar-refractivity contribution in [2.24, 2.45) is 5.10 Å². The maximum absolute atomic E-state index is 11.8. The predicted molar refractivity (Wildman–Crippen MR) is 95.5 cm³/mol. The van der Waals surface area contributed by atoms with Crippen molar-refractivity contribution in [1.29, 1.82) is 0 Å². The van der Waals surface area contributed by atoms with Crippen LogP contribution in [-0.2, 0) is 10.5 Å². The number of rotatable bonds is 5. The summed E-state index contributed by atoms with van der Waals surface area (Å²) in [4.78, 5) is 11.8. The maximum Gasteiger partial charge on any atom is 0.250 e. The van der Waals surface area contributed by atoms with Gasteiger partial charge in [0.25, 0.3) is 0 Å². The number of thioether (sulfide) groups is 1. The number of benzene rings is 1. The van der Waals surface area contributed by atoms with E-state index in [1.165, 1.54) is 37.7 Å². The van der Waals surface area contributed by atoms with E-state index in [9.17, 15) is 4.79 Å². The molecule has 0 spiro atoms. The van der Waals surface area contributed by atoms with Crippen LogP contribution in [0.25, 0.3) is 0 Å². The van der Waals surface area contributed by atoms with Crippen molar-refractivity contribution in [3.8, 4) is 0 Å². The fraction of sp³-hybridized carbons (Fsp3) is 0.529. The third-order valence-electron chi connectivity index (χ3n) is 3.68. The van der Waals surface area contributed by atoms with Crippen molar-refractivity contribution in [3.63, 3.8) is 0 Å². The number of carbonyl (C=O) groups excluding carboxylic acids is 1. The first-order valence-electron chi connectivity index (χ1n) is 7.90. The van der Waals surface area contributed by atoms with Crippen molar-refractivity contribution in [1.82, 2.24) is 5.43 Å². The van der Waals surface area contributed by atoms with Crippen LogP contribution in [0.2, 0.25) is 5.02 Å². The number of halogens is 1. The highest BCUT2D eigenvalue weighted by Crippen LogP contribution is 2.16. The SMILES string of the molecule is O=C(CSCc1ccc(Cl)cc1)NN=C1CCCCCCC1. The largest absolute Gasteiger partial charge is 0.272 e. The molecule has 0 bridgehead atoms. The van der Waals surface area contributed by atoms with Gasteiger partial charge in [0.1, 0.15) is 0 Å². The summed E-state index contributed by atoms with van der Waals surface area (Å²) in [6.07, 6.45) is 8.34. The van der Waals surface area contributed by atoms with Crippen LogP contribution >= 0.6 is 23.4 Å². The normalized spacial score (nSPS) is 15.8. The summed E-state index contributed by atoms with van der Waals surface area (Å²) in [6, 6.07) is 7.72. The van der Waals surface area contributed by atoms with Crippen molar-refractivity contribution < 1.29 is 4.79 Å². The lowest BCUT2D eigenvalue weighted by atomic mass is 9.99. The lowest BCUT2D eigenvalue weighted by Crippen LogP contribution is -2.22. The van der Waals surface area contributed by atoms with Gasteiger partial charge in [0.05, 0.1) is 5.75 Å². The van der Waals surface area contributed by atoms with Crippen molar-refractivity contribution in [2.75, 3.05) is 5.75 Å². The van der Waals surface area contributed by atoms with Gasteiger partial charge in [-0.25, -0.2) is 5.43 Å². The Hall–Kier alpha value is -1.00. The third kappa shape index (κ3) is 6.84. The number of hydrogen-bond donors (Lipinski definition) is 1. The summed E-state index contributed by atoms with van der Waals surface area (Å²) in [5.41, 5.74) is 5.03. The third-order valence-corrected chi connectivity index (χ3v) is 4.94. The van der Waals surface area contributed by atoms with Gasteiger partial charge in [-0.05, 0) is 43.4 Å². The van der Waals surface area contributed by atoms with Crippen LogP contribution in [0.5, 0.6) is 0 Å². The Morgan fingerprint density at radius 1 is 1.09 bits per heavy atom. The molecule has 0 atom stereocenters. The van der Waals surface area contributed by atoms with Gasteiger partial charge in [-0.1, -0.05) is 43.0 Å². The summed E-state index contributed by atoms with van der Waals surface area (Å²) in [6.45, 7) is 0. The molecule has 0 saturated heterocycles. The van der Waals surface area contributed by atoms with E-state index < -0.39 is 0 Å². The van der Waals surface area contributed by atoms with Crippen LogP contribution in [-0.4, -0.2) is 17.4 Å². The second-order valence-corrected chi connectivity index (χ2v) is 7.02. The molecule has 1 aromatic rings. The molecular formula is C17H23ClN2OS. The molecule has 1 N–H and O–H groups in total. The maximum atomic E-state index is 11.8. The van der Waals surface area contributed by atoms with E-state index in [0.717, 1.165) is 29.3 Å². The van der Waals surface area contributed by atoms with E-state index in [1.54, 1.807) is 11.8 Å². The molecule has 3 nitrogen and oxygen atoms in total. The van der Waals surface area contributed by atoms with Gasteiger partial charge >= 0.3 is 0 Å². The summed E-state index contributed by atoms with van der Waals surface area (Å²) in [7, 11) is 0. The van der Waals surface area contributed by atoms with E-state index in [2.05, 4.69) is 10.5 Å². The highest BCUT2D eigenvalue weighted by molar-refractivity contribution is 7.99. The molecule has 1 aliphatic rings. The molecule has 2 rings (SSSR count). The fourth-order valence-corrected chi connectivity index (χ4v) is 3.35. The number of carbonyl (C=O) groups is 1. The molecule has 0 heterocycles. The van der Waals surface area contributed by atoms with Crippen molar-refractivity contribution >= 4 is 35.0 Å². The molecule has 0 aliphatic heterocycles. The van der Waals surface area contributed by atoms with Crippen LogP contribution in [0.15, 0.2) is 29.4 Å². The Morgan fingerprint density at radius 3 is 2.41 bits per heavy atom. The molecule has 1 aliphatic carbocycles. The van der Waals surface area contributed by atoms with Crippen LogP contribution < -0.4 is 5.43 Å². The minimum Gasteiger partial charge on any atom is -0.272 e. The van der Waals surface area contributed by atoms with Gasteiger partial charge in [-0.15, -0.1) is 11.8 Å². The van der Waals surface area contributed by atoms with E-state index in [4.69, 9.17) is 11.6 Å². The van der Waals surface area contributed by atoms with Gasteiger partial charge in [0.2, 0.25) is 5.91 Å². The number of amides is 1. The molecule has 1 amide bonds. The number of nitrogens with zero attached hydrogens (tertiary/aromatic N) is 1. The molecule has 0 unspecified atom stereocenters. The highest BCUT2D eigenvalue weighted by Gasteiger charge is 2.06. The Bertz CT molecular complexity index is 492. The molecule has 0 radical (unpaired) electrons. The topological polar surface area (TPSA) is 41.5 Å². The van der Waals surface area contributed by atoms with Gasteiger partial charge in [0.15, 0.2) is 0 Å². The van der Waals surface area contributed by atoms with E-state index in [0.29, 0.717) is 5.75 Å². The molecule has 120 valence electrons. The van der Waals surface area contributed by atoms with E-state index >= 15 is 0 Å². The van der Waals surface area contributed by atoms with Gasteiger partial charge < -0.3 is 0 Å². The van der Waals surface area contributed by atoms with Gasteiger partial charge in [0, 0.05) is 16.5 Å². The van der Waals surface area contributed by atoms with Crippen molar-refractivity contribution in [3.05, 3.63) is 34.9 Å². The first-order chi connectivity index (χ1) is 10.7. The molecule has 5 heteroatoms. The Balaban J connectivity index is 1.67. The zero-order chi connectivity index (χ0) is 15.6. The smallest absolute Gasteiger partial charge is 0.250 e. The van der Waals surface area contributed by atoms with Gasteiger partial charge in [-0.3, -0.25) is 4.79 Å². The fourth-order valence-electron chi connectivity index (χ4n) is 2.44. The molecule has 1 aromatic carbocycles. The zero-order valence-electron chi connectivity index (χ0n) is 12.8. The zero-order valence-corrected chi connectivity index (χ0v) is 14.4. The van der Waals surface area contributed by atoms with Crippen LogP contribution in [0.1, 0.15) is 50.5 Å². The number of hydrogen-bond acceptors (Lipinski definition) is 3. The standard InChI is InChI=1S/C17H23ClN2OS/c18-15-10-8-14(9-11-15)12-22-13-17(21)20-19-16-6-4-2-1-3-5-7-16/h8-11H,1-7,12-13H2,(H,20,21). The Morgan fingerprint density at radius 2 is 1.73 bits per heavy atom.